The number of carboxylic acid groups (broad SMARTS) is 1. The van der Waals surface area contributed by atoms with Gasteiger partial charge in [-0.3, -0.25) is 0 Å². The number of halogens is 3. The standard InChI is InChI=1S/C14H12N2O.C2HF3O2/c1-17-14-9-12-5-3-2-4-11(12)8-13(14)16-7-6-15-10-16;3-2(4,5)1(6)7/h2-10H,1H3;(H,6,7). The van der Waals surface area contributed by atoms with E-state index in [2.05, 4.69) is 29.3 Å². The molecule has 0 saturated heterocycles. The predicted octanol–water partition coefficient (Wildman–Crippen LogP) is 1.18. The van der Waals surface area contributed by atoms with Crippen molar-refractivity contribution in [2.45, 2.75) is 6.18 Å². The van der Waals surface area contributed by atoms with E-state index in [4.69, 9.17) is 14.6 Å². The lowest BCUT2D eigenvalue weighted by Gasteiger charge is -2.11. The van der Waals surface area contributed by atoms with E-state index in [1.807, 2.05) is 24.7 Å². The quantitative estimate of drug-likeness (QED) is 0.894. The summed E-state index contributed by atoms with van der Waals surface area (Å²) in [6.07, 6.45) is 0.448. The molecule has 0 aliphatic carbocycles. The molecule has 0 bridgehead atoms. The van der Waals surface area contributed by atoms with Gasteiger partial charge >= 0.3 is 6.18 Å². The third-order valence-corrected chi connectivity index (χ3v) is 3.16. The van der Waals surface area contributed by atoms with E-state index in [1.54, 1.807) is 13.3 Å². The summed E-state index contributed by atoms with van der Waals surface area (Å²) in [7, 11) is 1.70. The Hall–Kier alpha value is -2.87. The van der Waals surface area contributed by atoms with E-state index in [-0.39, 0.29) is 0 Å². The molecule has 126 valence electrons. The Balaban J connectivity index is 0.000000256. The number of carbonyl (C=O) groups is 1. The van der Waals surface area contributed by atoms with Gasteiger partial charge < -0.3 is 14.6 Å². The van der Waals surface area contributed by atoms with Crippen LogP contribution in [0, 0.1) is 0 Å². The van der Waals surface area contributed by atoms with Crippen LogP contribution in [0.15, 0.2) is 53.8 Å². The molecule has 0 saturated carbocycles. The largest absolute Gasteiger partial charge is 0.542 e. The van der Waals surface area contributed by atoms with Gasteiger partial charge in [-0.2, -0.15) is 13.2 Å². The molecule has 24 heavy (non-hydrogen) atoms. The van der Waals surface area contributed by atoms with Crippen LogP contribution in [0.5, 0.6) is 5.75 Å². The number of fused-ring (bicyclic) bond motifs is 1. The molecule has 1 heterocycles. The van der Waals surface area contributed by atoms with Crippen LogP contribution in [-0.2, 0) is 4.79 Å². The summed E-state index contributed by atoms with van der Waals surface area (Å²) in [5.41, 5.74) is 1.09. The third kappa shape index (κ3) is 4.11. The third-order valence-electron chi connectivity index (χ3n) is 3.16. The minimum atomic E-state index is -5.19. The summed E-state index contributed by atoms with van der Waals surface area (Å²) in [4.78, 5) is 14.0. The Labute approximate surface area is 135 Å². The van der Waals surface area contributed by atoms with Gasteiger partial charge in [-0.1, -0.05) is 24.3 Å². The lowest BCUT2D eigenvalue weighted by atomic mass is 10.1. The lowest BCUT2D eigenvalue weighted by molar-refractivity contribution is -0.655. The topological polar surface area (TPSA) is 66.2 Å². The van der Waals surface area contributed by atoms with Crippen LogP contribution in [-0.4, -0.2) is 25.6 Å². The number of rotatable bonds is 2. The molecule has 8 heteroatoms. The van der Waals surface area contributed by atoms with Crippen LogP contribution in [0.1, 0.15) is 0 Å². The minimum Gasteiger partial charge on any atom is -0.542 e. The van der Waals surface area contributed by atoms with Crippen molar-refractivity contribution in [3.8, 4) is 5.75 Å². The first-order valence-electron chi connectivity index (χ1n) is 6.75. The fraction of sp³-hybridized carbons (Fsp3) is 0.125. The van der Waals surface area contributed by atoms with Crippen LogP contribution in [0.3, 0.4) is 0 Å². The van der Waals surface area contributed by atoms with E-state index in [0.717, 1.165) is 16.3 Å². The van der Waals surface area contributed by atoms with Gasteiger partial charge in [0.25, 0.3) is 0 Å². The van der Waals surface area contributed by atoms with Crippen molar-refractivity contribution < 1.29 is 32.7 Å². The molecule has 0 amide bonds. The summed E-state index contributed by atoms with van der Waals surface area (Å²) < 4.78 is 37.0. The van der Waals surface area contributed by atoms with Gasteiger partial charge in [0.15, 0.2) is 17.8 Å². The number of aliphatic imine (C=N–C) groups is 1. The van der Waals surface area contributed by atoms with Crippen LogP contribution in [0.25, 0.3) is 10.8 Å². The van der Waals surface area contributed by atoms with E-state index in [1.165, 1.54) is 10.8 Å². The summed E-state index contributed by atoms with van der Waals surface area (Å²) in [5, 5.41) is 11.2. The van der Waals surface area contributed by atoms with Crippen molar-refractivity contribution in [3.05, 3.63) is 48.8 Å². The lowest BCUT2D eigenvalue weighted by Crippen LogP contribution is -3.00. The zero-order valence-electron chi connectivity index (χ0n) is 12.5. The number of methoxy groups -OCH3 is 1. The van der Waals surface area contributed by atoms with Crippen LogP contribution >= 0.6 is 0 Å². The fourth-order valence-electron chi connectivity index (χ4n) is 2.06. The van der Waals surface area contributed by atoms with Crippen molar-refractivity contribution in [2.75, 3.05) is 7.11 Å². The number of carbonyl (C=O) groups excluding carboxylic acids is 1. The van der Waals surface area contributed by atoms with Gasteiger partial charge in [0.1, 0.15) is 12.2 Å². The van der Waals surface area contributed by atoms with Gasteiger partial charge in [-0.25, -0.2) is 9.89 Å². The maximum atomic E-state index is 10.5. The molecule has 0 aromatic heterocycles. The maximum absolute atomic E-state index is 10.5. The number of benzene rings is 2. The highest BCUT2D eigenvalue weighted by atomic mass is 19.4. The Morgan fingerprint density at radius 3 is 2.25 bits per heavy atom. The van der Waals surface area contributed by atoms with Crippen molar-refractivity contribution in [1.29, 1.82) is 0 Å². The van der Waals surface area contributed by atoms with Crippen molar-refractivity contribution >= 4 is 28.8 Å². The molecule has 2 aromatic rings. The molecule has 2 aromatic carbocycles. The van der Waals surface area contributed by atoms with Crippen LogP contribution in [0.4, 0.5) is 18.9 Å². The average molecular weight is 338 g/mol. The second-order valence-corrected chi connectivity index (χ2v) is 4.73. The number of quaternary nitrogens is 1. The zero-order valence-corrected chi connectivity index (χ0v) is 12.5. The van der Waals surface area contributed by atoms with E-state index >= 15 is 0 Å². The SMILES string of the molecule is COc1cc2ccccc2cc1[NH+]1C=CN=C1.O=C([O-])C(F)(F)F. The fourth-order valence-corrected chi connectivity index (χ4v) is 2.06. The second kappa shape index (κ2) is 7.14. The number of carboxylic acids is 1. The van der Waals surface area contributed by atoms with Gasteiger partial charge in [-0.15, -0.1) is 0 Å². The zero-order chi connectivity index (χ0) is 17.7. The van der Waals surface area contributed by atoms with Gasteiger partial charge in [-0.05, 0) is 16.8 Å². The number of alkyl halides is 3. The Morgan fingerprint density at radius 2 is 1.79 bits per heavy atom. The van der Waals surface area contributed by atoms with E-state index in [9.17, 15) is 13.2 Å². The molecule has 1 atom stereocenters. The molecular formula is C16H13F3N2O3. The highest BCUT2D eigenvalue weighted by molar-refractivity contribution is 5.87. The summed E-state index contributed by atoms with van der Waals surface area (Å²) in [6.45, 7) is 0. The summed E-state index contributed by atoms with van der Waals surface area (Å²) >= 11 is 0. The number of ether oxygens (including phenoxy) is 1. The molecule has 1 N–H and O–H groups in total. The molecule has 1 unspecified atom stereocenters. The van der Waals surface area contributed by atoms with E-state index in [0.29, 0.717) is 0 Å². The van der Waals surface area contributed by atoms with Gasteiger partial charge in [0.05, 0.1) is 13.3 Å². The Bertz CT molecular complexity index is 789. The van der Waals surface area contributed by atoms with Crippen molar-refractivity contribution in [3.63, 3.8) is 0 Å². The molecule has 3 rings (SSSR count). The highest BCUT2D eigenvalue weighted by Gasteiger charge is 2.28. The van der Waals surface area contributed by atoms with Gasteiger partial charge in [0.2, 0.25) is 0 Å². The average Bonchev–Trinajstić information content (AvgIpc) is 3.07. The number of aliphatic carboxylic acids is 1. The summed E-state index contributed by atoms with van der Waals surface area (Å²) in [5.74, 6) is -2.12. The van der Waals surface area contributed by atoms with Crippen LogP contribution in [0.2, 0.25) is 0 Å². The number of nitrogens with one attached hydrogen (secondary N) is 1. The first-order valence-corrected chi connectivity index (χ1v) is 6.75. The second-order valence-electron chi connectivity index (χ2n) is 4.73. The van der Waals surface area contributed by atoms with E-state index < -0.39 is 12.1 Å². The predicted molar refractivity (Wildman–Crippen MR) is 79.8 cm³/mol. The first-order chi connectivity index (χ1) is 11.3. The van der Waals surface area contributed by atoms with Crippen molar-refractivity contribution in [2.24, 2.45) is 4.99 Å². The maximum Gasteiger partial charge on any atom is 0.430 e. The molecule has 0 spiro atoms. The molecule has 0 radical (unpaired) electrons. The molecule has 1 aliphatic heterocycles. The van der Waals surface area contributed by atoms with Gasteiger partial charge in [0, 0.05) is 6.07 Å². The normalized spacial score (nSPS) is 15.9. The minimum absolute atomic E-state index is 0.886. The summed E-state index contributed by atoms with van der Waals surface area (Å²) in [6, 6.07) is 12.5. The van der Waals surface area contributed by atoms with Crippen molar-refractivity contribution in [1.82, 2.24) is 0 Å². The highest BCUT2D eigenvalue weighted by Crippen LogP contribution is 2.27. The Morgan fingerprint density at radius 1 is 1.21 bits per heavy atom. The Kier molecular flexibility index (Phi) is 5.20. The number of hydrogen-bond donors (Lipinski definition) is 1. The number of hydrogen-bond acceptors (Lipinski definition) is 4. The number of nitrogens with zero attached hydrogens (tertiary/aromatic N) is 1. The molecule has 5 nitrogen and oxygen atoms in total. The monoisotopic (exact) mass is 338 g/mol. The molecule has 1 aliphatic rings. The molecule has 0 fully saturated rings. The smallest absolute Gasteiger partial charge is 0.430 e. The first kappa shape index (κ1) is 17.5. The van der Waals surface area contributed by atoms with Crippen LogP contribution < -0.4 is 14.7 Å². The molecular weight excluding hydrogens is 325 g/mol.